The van der Waals surface area contributed by atoms with Crippen LogP contribution < -0.4 is 10.1 Å². The van der Waals surface area contributed by atoms with Gasteiger partial charge >= 0.3 is 0 Å². The van der Waals surface area contributed by atoms with Gasteiger partial charge in [0.2, 0.25) is 0 Å². The van der Waals surface area contributed by atoms with Gasteiger partial charge in [0.15, 0.2) is 6.61 Å². The fourth-order valence-corrected chi connectivity index (χ4v) is 3.56. The summed E-state index contributed by atoms with van der Waals surface area (Å²) in [4.78, 5) is 22.5. The number of benzene rings is 2. The first kappa shape index (κ1) is 22.3. The Morgan fingerprint density at radius 3 is 2.73 bits per heavy atom. The number of fused-ring (bicyclic) bond motifs is 1. The number of carbonyl (C=O) groups is 1. The zero-order valence-electron chi connectivity index (χ0n) is 19.5. The number of rotatable bonds is 7. The maximum absolute atomic E-state index is 11.8. The molecule has 2 aromatic heterocycles. The number of nitrogens with zero attached hydrogens (tertiary/aromatic N) is 3. The molecular formula is C26H28N4O3. The van der Waals surface area contributed by atoms with Crippen LogP contribution in [-0.2, 0) is 4.79 Å². The summed E-state index contributed by atoms with van der Waals surface area (Å²) < 4.78 is 11.2. The second-order valence-corrected chi connectivity index (χ2v) is 8.33. The van der Waals surface area contributed by atoms with Crippen LogP contribution in [0.1, 0.15) is 29.9 Å². The molecular weight excluding hydrogens is 416 g/mol. The molecule has 0 radical (unpaired) electrons. The first-order valence-corrected chi connectivity index (χ1v) is 10.8. The van der Waals surface area contributed by atoms with Crippen molar-refractivity contribution < 1.29 is 13.9 Å². The summed E-state index contributed by atoms with van der Waals surface area (Å²) in [5.74, 6) is 1.99. The van der Waals surface area contributed by atoms with Gasteiger partial charge in [0.25, 0.3) is 5.91 Å². The van der Waals surface area contributed by atoms with Crippen LogP contribution in [0.25, 0.3) is 22.2 Å². The predicted octanol–water partition coefficient (Wildman–Crippen LogP) is 5.15. The average Bonchev–Trinajstić information content (AvgIpc) is 3.17. The lowest BCUT2D eigenvalue weighted by atomic mass is 10.1. The van der Waals surface area contributed by atoms with Crippen molar-refractivity contribution >= 4 is 22.7 Å². The van der Waals surface area contributed by atoms with Crippen molar-refractivity contribution in [1.82, 2.24) is 14.9 Å². The minimum absolute atomic E-state index is 0.00715. The normalized spacial score (nSPS) is 11.9. The Balaban J connectivity index is 1.53. The second-order valence-electron chi connectivity index (χ2n) is 8.33. The molecule has 0 saturated heterocycles. The summed E-state index contributed by atoms with van der Waals surface area (Å²) in [5, 5.41) is 4.54. The topological polar surface area (TPSA) is 80.5 Å². The molecule has 33 heavy (non-hydrogen) atoms. The molecule has 0 saturated carbocycles. The van der Waals surface area contributed by atoms with Crippen LogP contribution in [-0.4, -0.2) is 41.5 Å². The van der Waals surface area contributed by atoms with E-state index in [0.29, 0.717) is 11.6 Å². The number of aromatic nitrogens is 2. The molecule has 0 aliphatic rings. The van der Waals surface area contributed by atoms with Crippen LogP contribution in [0.15, 0.2) is 59.2 Å². The van der Waals surface area contributed by atoms with Crippen molar-refractivity contribution in [3.63, 3.8) is 0 Å². The molecule has 0 aliphatic carbocycles. The van der Waals surface area contributed by atoms with Gasteiger partial charge in [0.1, 0.15) is 23.0 Å². The van der Waals surface area contributed by atoms with Crippen LogP contribution in [0.5, 0.6) is 5.75 Å². The highest BCUT2D eigenvalue weighted by Gasteiger charge is 2.12. The van der Waals surface area contributed by atoms with E-state index in [1.165, 1.54) is 4.90 Å². The molecule has 0 spiro atoms. The first-order chi connectivity index (χ1) is 15.8. The van der Waals surface area contributed by atoms with E-state index < -0.39 is 0 Å². The summed E-state index contributed by atoms with van der Waals surface area (Å²) in [6.07, 6.45) is 1.77. The summed E-state index contributed by atoms with van der Waals surface area (Å²) in [5.41, 5.74) is 4.84. The number of carbonyl (C=O) groups excluding carboxylic acids is 1. The zero-order chi connectivity index (χ0) is 23.5. The van der Waals surface area contributed by atoms with Gasteiger partial charge in [-0.3, -0.25) is 4.79 Å². The van der Waals surface area contributed by atoms with Crippen LogP contribution >= 0.6 is 0 Å². The van der Waals surface area contributed by atoms with Crippen molar-refractivity contribution in [3.05, 3.63) is 71.7 Å². The van der Waals surface area contributed by atoms with Gasteiger partial charge in [-0.05, 0) is 62.2 Å². The maximum Gasteiger partial charge on any atom is 0.259 e. The third-order valence-corrected chi connectivity index (χ3v) is 5.48. The Morgan fingerprint density at radius 2 is 1.94 bits per heavy atom. The molecule has 0 aliphatic heterocycles. The molecule has 0 fully saturated rings. The van der Waals surface area contributed by atoms with E-state index in [1.54, 1.807) is 20.4 Å². The van der Waals surface area contributed by atoms with E-state index in [4.69, 9.17) is 9.15 Å². The minimum Gasteiger partial charge on any atom is -0.484 e. The number of amides is 1. The van der Waals surface area contributed by atoms with Gasteiger partial charge < -0.3 is 19.4 Å². The Labute approximate surface area is 193 Å². The SMILES string of the molecule is Cc1nc(N[C@H](C)c2cccc(OCC(=O)N(C)C)c2)cc(-c2ccc3occ(C)c3c2)n1. The monoisotopic (exact) mass is 444 g/mol. The third-order valence-electron chi connectivity index (χ3n) is 5.48. The van der Waals surface area contributed by atoms with Crippen LogP contribution in [0.3, 0.4) is 0 Å². The standard InChI is InChI=1S/C26H28N4O3/c1-16-14-33-24-10-9-20(12-22(16)24)23-13-25(29-18(3)28-23)27-17(2)19-7-6-8-21(11-19)32-15-26(31)30(4)5/h6-14,17H,15H2,1-5H3,(H,27,28,29)/t17-/m1/s1. The quantitative estimate of drug-likeness (QED) is 0.425. The maximum atomic E-state index is 11.8. The molecule has 0 bridgehead atoms. The summed E-state index contributed by atoms with van der Waals surface area (Å²) in [7, 11) is 3.42. The van der Waals surface area contributed by atoms with E-state index in [2.05, 4.69) is 28.3 Å². The average molecular weight is 445 g/mol. The molecule has 0 unspecified atom stereocenters. The Bertz CT molecular complexity index is 1300. The van der Waals surface area contributed by atoms with Gasteiger partial charge in [-0.25, -0.2) is 9.97 Å². The van der Waals surface area contributed by atoms with Gasteiger partial charge in [-0.1, -0.05) is 12.1 Å². The number of aryl methyl sites for hydroxylation is 2. The largest absolute Gasteiger partial charge is 0.484 e. The molecule has 4 aromatic rings. The van der Waals surface area contributed by atoms with Crippen LogP contribution in [0.2, 0.25) is 0 Å². The Hall–Kier alpha value is -3.87. The number of hydrogen-bond donors (Lipinski definition) is 1. The number of ether oxygens (including phenoxy) is 1. The van der Waals surface area contributed by atoms with Crippen molar-refractivity contribution in [3.8, 4) is 17.0 Å². The molecule has 2 heterocycles. The Kier molecular flexibility index (Phi) is 6.31. The third kappa shape index (κ3) is 5.14. The summed E-state index contributed by atoms with van der Waals surface area (Å²) >= 11 is 0. The van der Waals surface area contributed by atoms with Crippen molar-refractivity contribution in [2.75, 3.05) is 26.0 Å². The number of nitrogens with one attached hydrogen (secondary N) is 1. The van der Waals surface area contributed by atoms with E-state index in [1.807, 2.05) is 56.3 Å². The molecule has 2 aromatic carbocycles. The molecule has 7 heteroatoms. The highest BCUT2D eigenvalue weighted by Crippen LogP contribution is 2.29. The number of furan rings is 1. The van der Waals surface area contributed by atoms with Crippen LogP contribution in [0.4, 0.5) is 5.82 Å². The fraction of sp³-hybridized carbons (Fsp3) is 0.269. The van der Waals surface area contributed by atoms with E-state index >= 15 is 0 Å². The van der Waals surface area contributed by atoms with E-state index in [-0.39, 0.29) is 18.6 Å². The zero-order valence-corrected chi connectivity index (χ0v) is 19.5. The number of hydrogen-bond acceptors (Lipinski definition) is 6. The lowest BCUT2D eigenvalue weighted by molar-refractivity contribution is -0.130. The predicted molar refractivity (Wildman–Crippen MR) is 129 cm³/mol. The van der Waals surface area contributed by atoms with Gasteiger partial charge in [0.05, 0.1) is 18.0 Å². The number of anilines is 1. The van der Waals surface area contributed by atoms with Crippen molar-refractivity contribution in [2.45, 2.75) is 26.8 Å². The fourth-order valence-electron chi connectivity index (χ4n) is 3.56. The first-order valence-electron chi connectivity index (χ1n) is 10.8. The molecule has 170 valence electrons. The van der Waals surface area contributed by atoms with Crippen molar-refractivity contribution in [2.24, 2.45) is 0 Å². The molecule has 4 rings (SSSR count). The lowest BCUT2D eigenvalue weighted by Crippen LogP contribution is -2.27. The molecule has 7 nitrogen and oxygen atoms in total. The minimum atomic E-state index is -0.0839. The Morgan fingerprint density at radius 1 is 1.12 bits per heavy atom. The molecule has 1 amide bonds. The van der Waals surface area contributed by atoms with Gasteiger partial charge in [-0.2, -0.15) is 0 Å². The highest BCUT2D eigenvalue weighted by atomic mass is 16.5. The summed E-state index contributed by atoms with van der Waals surface area (Å²) in [6.45, 7) is 5.98. The van der Waals surface area contributed by atoms with Gasteiger partial charge in [0, 0.05) is 31.1 Å². The van der Waals surface area contributed by atoms with Crippen molar-refractivity contribution in [1.29, 1.82) is 0 Å². The number of likely N-dealkylation sites (N-methyl/N-ethyl adjacent to an activating group) is 1. The van der Waals surface area contributed by atoms with E-state index in [0.717, 1.165) is 39.2 Å². The highest BCUT2D eigenvalue weighted by molar-refractivity contribution is 5.85. The molecule has 1 N–H and O–H groups in total. The van der Waals surface area contributed by atoms with E-state index in [9.17, 15) is 4.79 Å². The summed E-state index contributed by atoms with van der Waals surface area (Å²) in [6, 6.07) is 15.7. The molecule has 1 atom stereocenters. The second kappa shape index (κ2) is 9.32. The smallest absolute Gasteiger partial charge is 0.259 e. The van der Waals surface area contributed by atoms with Crippen LogP contribution in [0, 0.1) is 13.8 Å². The lowest BCUT2D eigenvalue weighted by Gasteiger charge is -2.17. The van der Waals surface area contributed by atoms with Gasteiger partial charge in [-0.15, -0.1) is 0 Å².